The molecule has 4 heterocycles. The van der Waals surface area contributed by atoms with E-state index < -0.39 is 6.04 Å². The minimum Gasteiger partial charge on any atom is -0.472 e. The lowest BCUT2D eigenvalue weighted by atomic mass is 9.95. The number of fused-ring (bicyclic) bond motifs is 1. The van der Waals surface area contributed by atoms with E-state index in [1.165, 1.54) is 11.3 Å². The van der Waals surface area contributed by atoms with E-state index in [1.807, 2.05) is 44.3 Å². The molecule has 33 heavy (non-hydrogen) atoms. The molecule has 0 radical (unpaired) electrons. The monoisotopic (exact) mass is 459 g/mol. The summed E-state index contributed by atoms with van der Waals surface area (Å²) in [7, 11) is 1.84. The van der Waals surface area contributed by atoms with Crippen molar-refractivity contribution in [3.63, 3.8) is 0 Å². The Hall–Kier alpha value is -3.98. The first kappa shape index (κ1) is 20.9. The van der Waals surface area contributed by atoms with Gasteiger partial charge in [0, 0.05) is 29.6 Å². The van der Waals surface area contributed by atoms with Gasteiger partial charge in [0.15, 0.2) is 4.80 Å². The number of anilines is 1. The number of carbonyl (C=O) groups excluding carboxylic acids is 1. The normalized spacial score (nSPS) is 16.0. The van der Waals surface area contributed by atoms with Gasteiger partial charge >= 0.3 is 0 Å². The predicted octanol–water partition coefficient (Wildman–Crippen LogP) is 2.51. The van der Waals surface area contributed by atoms with Crippen LogP contribution in [0.25, 0.3) is 6.08 Å². The van der Waals surface area contributed by atoms with Crippen molar-refractivity contribution in [3.8, 4) is 0 Å². The number of nitrogens with one attached hydrogen (secondary N) is 1. The lowest BCUT2D eigenvalue weighted by Gasteiger charge is -2.25. The molecule has 1 unspecified atom stereocenters. The number of thiazole rings is 1. The number of benzene rings is 1. The fourth-order valence-corrected chi connectivity index (χ4v) is 4.97. The number of aromatic nitrogens is 3. The molecule has 0 aliphatic carbocycles. The molecule has 0 saturated carbocycles. The molecule has 166 valence electrons. The maximum absolute atomic E-state index is 13.5. The number of hydrogen-bond donors (Lipinski definition) is 1. The molecule has 0 spiro atoms. The number of nitrogens with zero attached hydrogens (tertiary/aromatic N) is 4. The van der Waals surface area contributed by atoms with Gasteiger partial charge in [-0.3, -0.25) is 18.8 Å². The van der Waals surface area contributed by atoms with Crippen LogP contribution in [0.5, 0.6) is 0 Å². The number of para-hydroxylation sites is 1. The van der Waals surface area contributed by atoms with Crippen molar-refractivity contribution in [1.29, 1.82) is 0 Å². The van der Waals surface area contributed by atoms with Gasteiger partial charge in [0.05, 0.1) is 34.5 Å². The molecule has 4 aromatic rings. The van der Waals surface area contributed by atoms with Gasteiger partial charge in [-0.1, -0.05) is 29.5 Å². The maximum Gasteiger partial charge on any atom is 0.271 e. The number of carbonyl (C=O) groups is 1. The van der Waals surface area contributed by atoms with Crippen LogP contribution in [0.4, 0.5) is 5.69 Å². The van der Waals surface area contributed by atoms with E-state index in [0.29, 0.717) is 26.3 Å². The highest BCUT2D eigenvalue weighted by atomic mass is 32.1. The summed E-state index contributed by atoms with van der Waals surface area (Å²) in [6, 6.07) is 10.4. The highest BCUT2D eigenvalue weighted by molar-refractivity contribution is 7.07. The van der Waals surface area contributed by atoms with Gasteiger partial charge in [-0.25, -0.2) is 4.99 Å². The Kier molecular flexibility index (Phi) is 5.18. The van der Waals surface area contributed by atoms with E-state index in [-0.39, 0.29) is 11.5 Å². The van der Waals surface area contributed by atoms with Crippen LogP contribution >= 0.6 is 11.3 Å². The van der Waals surface area contributed by atoms with Crippen LogP contribution in [0.15, 0.2) is 80.6 Å². The molecule has 9 heteroatoms. The Bertz CT molecular complexity index is 1560. The lowest BCUT2D eigenvalue weighted by molar-refractivity contribution is -0.113. The molecule has 0 saturated heterocycles. The summed E-state index contributed by atoms with van der Waals surface area (Å²) in [5.74, 6) is -0.306. The number of rotatable bonds is 4. The van der Waals surface area contributed by atoms with E-state index in [2.05, 4.69) is 15.4 Å². The van der Waals surface area contributed by atoms with E-state index in [0.717, 1.165) is 16.8 Å². The summed E-state index contributed by atoms with van der Waals surface area (Å²) in [4.78, 5) is 32.2. The van der Waals surface area contributed by atoms with Gasteiger partial charge in [-0.05, 0) is 38.1 Å². The molecule has 0 fully saturated rings. The first-order chi connectivity index (χ1) is 15.9. The third-order valence-corrected chi connectivity index (χ3v) is 6.69. The van der Waals surface area contributed by atoms with Crippen molar-refractivity contribution in [2.45, 2.75) is 19.9 Å². The Morgan fingerprint density at radius 2 is 2.00 bits per heavy atom. The Morgan fingerprint density at radius 1 is 1.21 bits per heavy atom. The zero-order chi connectivity index (χ0) is 23.1. The van der Waals surface area contributed by atoms with Crippen LogP contribution in [-0.4, -0.2) is 20.3 Å². The molecule has 1 amide bonds. The lowest BCUT2D eigenvalue weighted by Crippen LogP contribution is -2.40. The summed E-state index contributed by atoms with van der Waals surface area (Å²) in [5.41, 5.74) is 3.86. The van der Waals surface area contributed by atoms with Crippen LogP contribution in [0, 0.1) is 6.92 Å². The second-order valence-corrected chi connectivity index (χ2v) is 8.78. The molecule has 1 aliphatic rings. The molecule has 8 nitrogen and oxygen atoms in total. The number of amides is 1. The smallest absolute Gasteiger partial charge is 0.271 e. The average molecular weight is 460 g/mol. The topological polar surface area (TPSA) is 94.4 Å². The number of hydrogen-bond acceptors (Lipinski definition) is 6. The SMILES string of the molecule is CC1=C(C(=O)Nc2ccccc2)C(c2cnn(C)c2C)n2c(s/c(=C\c3ccoc3)c2=O)=N1. The maximum atomic E-state index is 13.5. The minimum atomic E-state index is -0.648. The largest absolute Gasteiger partial charge is 0.472 e. The van der Waals surface area contributed by atoms with E-state index in [9.17, 15) is 9.59 Å². The summed E-state index contributed by atoms with van der Waals surface area (Å²) < 4.78 is 8.97. The molecule has 0 bridgehead atoms. The number of aryl methyl sites for hydroxylation is 1. The zero-order valence-corrected chi connectivity index (χ0v) is 19.1. The second-order valence-electron chi connectivity index (χ2n) is 7.77. The molecular weight excluding hydrogens is 438 g/mol. The van der Waals surface area contributed by atoms with Gasteiger partial charge in [0.2, 0.25) is 0 Å². The molecule has 1 N–H and O–H groups in total. The van der Waals surface area contributed by atoms with Gasteiger partial charge in [0.1, 0.15) is 6.04 Å². The Morgan fingerprint density at radius 3 is 2.67 bits per heavy atom. The molecule has 5 rings (SSSR count). The summed E-state index contributed by atoms with van der Waals surface area (Å²) >= 11 is 1.29. The van der Waals surface area contributed by atoms with Crippen LogP contribution < -0.4 is 20.2 Å². The van der Waals surface area contributed by atoms with E-state index in [4.69, 9.17) is 4.42 Å². The Balaban J connectivity index is 1.70. The van der Waals surface area contributed by atoms with Gasteiger partial charge in [0.25, 0.3) is 11.5 Å². The number of furan rings is 1. The van der Waals surface area contributed by atoms with Gasteiger partial charge in [-0.2, -0.15) is 5.10 Å². The van der Waals surface area contributed by atoms with Crippen molar-refractivity contribution < 1.29 is 9.21 Å². The standard InChI is InChI=1S/C24H21N5O3S/c1-14-20(22(30)27-17-7-5-4-6-8-17)21(18-12-25-28(3)15(18)2)29-23(31)19(33-24(29)26-14)11-16-9-10-32-13-16/h4-13,21H,1-3H3,(H,27,30)/b19-11-. The van der Waals surface area contributed by atoms with Crippen LogP contribution in [0.2, 0.25) is 0 Å². The van der Waals surface area contributed by atoms with Crippen molar-refractivity contribution in [2.75, 3.05) is 5.32 Å². The molecule has 1 aliphatic heterocycles. The zero-order valence-electron chi connectivity index (χ0n) is 18.3. The van der Waals surface area contributed by atoms with Gasteiger partial charge < -0.3 is 9.73 Å². The fraction of sp³-hybridized carbons (Fsp3) is 0.167. The fourth-order valence-electron chi connectivity index (χ4n) is 3.92. The van der Waals surface area contributed by atoms with E-state index >= 15 is 0 Å². The molecular formula is C24H21N5O3S. The predicted molar refractivity (Wildman–Crippen MR) is 125 cm³/mol. The van der Waals surface area contributed by atoms with Crippen LogP contribution in [-0.2, 0) is 11.8 Å². The minimum absolute atomic E-state index is 0.217. The highest BCUT2D eigenvalue weighted by Crippen LogP contribution is 2.32. The molecule has 3 aromatic heterocycles. The molecule has 1 aromatic carbocycles. The second kappa shape index (κ2) is 8.18. The van der Waals surface area contributed by atoms with Crippen molar-refractivity contribution in [3.05, 3.63) is 103 Å². The van der Waals surface area contributed by atoms with Crippen LogP contribution in [0.3, 0.4) is 0 Å². The van der Waals surface area contributed by atoms with E-state index in [1.54, 1.807) is 47.0 Å². The Labute approximate surface area is 192 Å². The van der Waals surface area contributed by atoms with Crippen LogP contribution in [0.1, 0.15) is 29.8 Å². The summed E-state index contributed by atoms with van der Waals surface area (Å²) in [6.45, 7) is 3.72. The van der Waals surface area contributed by atoms with Crippen molar-refractivity contribution in [1.82, 2.24) is 14.3 Å². The third kappa shape index (κ3) is 3.66. The average Bonchev–Trinajstić information content (AvgIpc) is 3.50. The quantitative estimate of drug-likeness (QED) is 0.507. The van der Waals surface area contributed by atoms with Crippen molar-refractivity contribution >= 4 is 29.0 Å². The van der Waals surface area contributed by atoms with Gasteiger partial charge in [-0.15, -0.1) is 0 Å². The van der Waals surface area contributed by atoms with Crippen molar-refractivity contribution in [2.24, 2.45) is 12.0 Å². The molecule has 1 atom stereocenters. The first-order valence-corrected chi connectivity index (χ1v) is 11.2. The number of allylic oxidation sites excluding steroid dienone is 1. The first-order valence-electron chi connectivity index (χ1n) is 10.3. The summed E-state index contributed by atoms with van der Waals surface area (Å²) in [5, 5.41) is 7.31. The highest BCUT2D eigenvalue weighted by Gasteiger charge is 2.34. The third-order valence-electron chi connectivity index (χ3n) is 5.71. The summed E-state index contributed by atoms with van der Waals surface area (Å²) in [6.07, 6.45) is 6.61.